The summed E-state index contributed by atoms with van der Waals surface area (Å²) in [5.41, 5.74) is 8.54. The van der Waals surface area contributed by atoms with Gasteiger partial charge in [-0.05, 0) is 84.3 Å². The number of aryl methyl sites for hydroxylation is 1. The molecule has 1 aromatic heterocycles. The monoisotopic (exact) mass is 572 g/mol. The molecule has 3 heteroatoms. The number of hydrogen-bond acceptors (Lipinski definition) is 1. The molecule has 6 aromatic rings. The Kier molecular flexibility index (Phi) is 7.51. The van der Waals surface area contributed by atoms with E-state index < -0.39 is 0 Å². The summed E-state index contributed by atoms with van der Waals surface area (Å²) in [6.45, 7) is 3.33. The van der Waals surface area contributed by atoms with Gasteiger partial charge in [0, 0.05) is 49.9 Å². The molecular weight excluding hydrogens is 540 g/mol. The molecule has 194 valence electrons. The number of rotatable bonds is 9. The Labute approximate surface area is 239 Å². The normalized spacial score (nSPS) is 11.3. The maximum Gasteiger partial charge on any atom is 0.0492 e. The molecule has 0 spiro atoms. The summed E-state index contributed by atoms with van der Waals surface area (Å²) in [7, 11) is 0. The number of hydrogen-bond donors (Lipinski definition) is 0. The second-order valence-corrected chi connectivity index (χ2v) is 11.1. The maximum absolute atomic E-state index is 3.71. The maximum atomic E-state index is 3.71. The summed E-state index contributed by atoms with van der Waals surface area (Å²) >= 11 is 3.71. The average molecular weight is 574 g/mol. The van der Waals surface area contributed by atoms with Crippen LogP contribution in [0, 0.1) is 0 Å². The molecule has 2 nitrogen and oxygen atoms in total. The van der Waals surface area contributed by atoms with E-state index in [1.165, 1.54) is 58.6 Å². The Bertz CT molecular complexity index is 1650. The first-order valence-corrected chi connectivity index (χ1v) is 14.7. The molecule has 0 fully saturated rings. The van der Waals surface area contributed by atoms with Crippen LogP contribution in [0.1, 0.15) is 32.6 Å². The van der Waals surface area contributed by atoms with Crippen LogP contribution in [0.2, 0.25) is 0 Å². The summed E-state index contributed by atoms with van der Waals surface area (Å²) in [6.07, 6.45) is 5.05. The van der Waals surface area contributed by atoms with Crippen molar-refractivity contribution in [2.24, 2.45) is 0 Å². The minimum absolute atomic E-state index is 1.06. The lowest BCUT2D eigenvalue weighted by atomic mass is 10.0. The summed E-state index contributed by atoms with van der Waals surface area (Å²) in [5, 5.41) is 2.63. The fourth-order valence-corrected chi connectivity index (χ4v) is 5.96. The molecule has 0 aliphatic rings. The predicted molar refractivity (Wildman–Crippen MR) is 171 cm³/mol. The van der Waals surface area contributed by atoms with Gasteiger partial charge in [-0.25, -0.2) is 0 Å². The lowest BCUT2D eigenvalue weighted by Crippen LogP contribution is -2.09. The van der Waals surface area contributed by atoms with Gasteiger partial charge in [-0.15, -0.1) is 0 Å². The predicted octanol–water partition coefficient (Wildman–Crippen LogP) is 11.3. The van der Waals surface area contributed by atoms with Gasteiger partial charge in [-0.3, -0.25) is 0 Å². The highest BCUT2D eigenvalue weighted by Gasteiger charge is 2.14. The van der Waals surface area contributed by atoms with Crippen molar-refractivity contribution in [3.8, 4) is 11.1 Å². The molecule has 0 bridgehead atoms. The van der Waals surface area contributed by atoms with Crippen LogP contribution in [0.3, 0.4) is 0 Å². The average Bonchev–Trinajstić information content (AvgIpc) is 3.29. The van der Waals surface area contributed by atoms with Crippen molar-refractivity contribution in [2.45, 2.75) is 39.2 Å². The van der Waals surface area contributed by atoms with E-state index in [9.17, 15) is 0 Å². The molecule has 0 aliphatic heterocycles. The third-order valence-electron chi connectivity index (χ3n) is 7.55. The van der Waals surface area contributed by atoms with Gasteiger partial charge in [0.1, 0.15) is 0 Å². The van der Waals surface area contributed by atoms with E-state index in [-0.39, 0.29) is 0 Å². The van der Waals surface area contributed by atoms with Gasteiger partial charge in [0.05, 0.1) is 0 Å². The van der Waals surface area contributed by atoms with E-state index in [2.05, 4.69) is 154 Å². The summed E-state index contributed by atoms with van der Waals surface area (Å²) < 4.78 is 3.63. The number of halogens is 1. The molecule has 0 saturated carbocycles. The zero-order valence-corrected chi connectivity index (χ0v) is 23.9. The van der Waals surface area contributed by atoms with Crippen molar-refractivity contribution in [2.75, 3.05) is 4.90 Å². The molecule has 0 saturated heterocycles. The third kappa shape index (κ3) is 5.24. The highest BCUT2D eigenvalue weighted by Crippen LogP contribution is 2.37. The molecular formula is C36H33BrN2. The van der Waals surface area contributed by atoms with E-state index in [0.29, 0.717) is 0 Å². The quantitative estimate of drug-likeness (QED) is 0.156. The zero-order valence-electron chi connectivity index (χ0n) is 22.4. The Morgan fingerprint density at radius 3 is 1.77 bits per heavy atom. The highest BCUT2D eigenvalue weighted by atomic mass is 79.9. The number of anilines is 3. The van der Waals surface area contributed by atoms with Crippen LogP contribution < -0.4 is 4.90 Å². The number of benzene rings is 5. The second-order valence-electron chi connectivity index (χ2n) is 10.2. The van der Waals surface area contributed by atoms with Gasteiger partial charge >= 0.3 is 0 Å². The zero-order chi connectivity index (χ0) is 26.6. The van der Waals surface area contributed by atoms with Crippen LogP contribution >= 0.6 is 15.9 Å². The van der Waals surface area contributed by atoms with Crippen LogP contribution in [0.25, 0.3) is 32.9 Å². The van der Waals surface area contributed by atoms with Gasteiger partial charge in [-0.2, -0.15) is 0 Å². The Hall–Kier alpha value is -3.82. The van der Waals surface area contributed by atoms with E-state index in [4.69, 9.17) is 0 Å². The van der Waals surface area contributed by atoms with Crippen molar-refractivity contribution >= 4 is 54.8 Å². The Morgan fingerprint density at radius 1 is 0.564 bits per heavy atom. The van der Waals surface area contributed by atoms with Crippen LogP contribution in [0.5, 0.6) is 0 Å². The van der Waals surface area contributed by atoms with Gasteiger partial charge in [0.25, 0.3) is 0 Å². The van der Waals surface area contributed by atoms with Gasteiger partial charge < -0.3 is 9.47 Å². The molecule has 1 heterocycles. The van der Waals surface area contributed by atoms with Gasteiger partial charge in [-0.1, -0.05) is 96.7 Å². The largest absolute Gasteiger partial charge is 0.340 e. The topological polar surface area (TPSA) is 8.17 Å². The Balaban J connectivity index is 1.38. The number of unbranched alkanes of at least 4 members (excludes halogenated alkanes) is 3. The smallest absolute Gasteiger partial charge is 0.0492 e. The molecule has 0 unspecified atom stereocenters. The molecule has 0 radical (unpaired) electrons. The van der Waals surface area contributed by atoms with Crippen LogP contribution in [0.15, 0.2) is 126 Å². The van der Waals surface area contributed by atoms with E-state index >= 15 is 0 Å². The minimum atomic E-state index is 1.06. The second kappa shape index (κ2) is 11.5. The first-order chi connectivity index (χ1) is 19.2. The molecule has 6 rings (SSSR count). The first-order valence-electron chi connectivity index (χ1n) is 13.9. The Morgan fingerprint density at radius 2 is 1.13 bits per heavy atom. The van der Waals surface area contributed by atoms with Crippen LogP contribution in [-0.2, 0) is 6.54 Å². The lowest BCUT2D eigenvalue weighted by Gasteiger charge is -2.25. The fraction of sp³-hybridized carbons (Fsp3) is 0.167. The van der Waals surface area contributed by atoms with Crippen molar-refractivity contribution in [3.63, 3.8) is 0 Å². The number of para-hydroxylation sites is 2. The number of aromatic nitrogens is 1. The SMILES string of the molecule is CCCCCCn1c2ccc(Br)cc2c2cc(-c3ccc(N(c4ccccc4)c4ccccc4)cc3)ccc21. The minimum Gasteiger partial charge on any atom is -0.340 e. The third-order valence-corrected chi connectivity index (χ3v) is 8.04. The lowest BCUT2D eigenvalue weighted by molar-refractivity contribution is 0.602. The van der Waals surface area contributed by atoms with E-state index in [0.717, 1.165) is 28.1 Å². The van der Waals surface area contributed by atoms with E-state index in [1.54, 1.807) is 0 Å². The van der Waals surface area contributed by atoms with E-state index in [1.807, 2.05) is 0 Å². The van der Waals surface area contributed by atoms with Gasteiger partial charge in [0.15, 0.2) is 0 Å². The summed E-state index contributed by atoms with van der Waals surface area (Å²) in [5.74, 6) is 0. The van der Waals surface area contributed by atoms with Crippen molar-refractivity contribution < 1.29 is 0 Å². The standard InChI is InChI=1S/C36H33BrN2/c1-2-3-4-11-24-38-35-22-18-28(25-33(35)34-26-29(37)19-23-36(34)38)27-16-20-32(21-17-27)39(30-12-7-5-8-13-30)31-14-9-6-10-15-31/h5-10,12-23,25-26H,2-4,11,24H2,1H3. The molecule has 39 heavy (non-hydrogen) atoms. The fourth-order valence-electron chi connectivity index (χ4n) is 5.60. The number of nitrogens with zero attached hydrogens (tertiary/aromatic N) is 2. The van der Waals surface area contributed by atoms with Crippen LogP contribution in [-0.4, -0.2) is 4.57 Å². The molecule has 0 aliphatic carbocycles. The van der Waals surface area contributed by atoms with Gasteiger partial charge in [0.2, 0.25) is 0 Å². The summed E-state index contributed by atoms with van der Waals surface area (Å²) in [4.78, 5) is 2.30. The van der Waals surface area contributed by atoms with Crippen LogP contribution in [0.4, 0.5) is 17.1 Å². The summed E-state index contributed by atoms with van der Waals surface area (Å²) in [6, 6.07) is 43.7. The first kappa shape index (κ1) is 25.5. The molecule has 5 aromatic carbocycles. The van der Waals surface area contributed by atoms with Crippen molar-refractivity contribution in [1.29, 1.82) is 0 Å². The molecule has 0 amide bonds. The molecule has 0 atom stereocenters. The van der Waals surface area contributed by atoms with Crippen molar-refractivity contribution in [3.05, 3.63) is 126 Å². The number of fused-ring (bicyclic) bond motifs is 3. The molecule has 0 N–H and O–H groups in total. The van der Waals surface area contributed by atoms with Crippen molar-refractivity contribution in [1.82, 2.24) is 4.57 Å². The highest BCUT2D eigenvalue weighted by molar-refractivity contribution is 9.10.